The van der Waals surface area contributed by atoms with Gasteiger partial charge >= 0.3 is 6.18 Å². The minimum Gasteiger partial charge on any atom is -0.379 e. The van der Waals surface area contributed by atoms with Crippen molar-refractivity contribution in [1.29, 1.82) is 0 Å². The Morgan fingerprint density at radius 2 is 2.07 bits per heavy atom. The molecule has 0 spiro atoms. The Bertz CT molecular complexity index is 1560. The van der Waals surface area contributed by atoms with Crippen molar-refractivity contribution in [2.75, 3.05) is 25.5 Å². The van der Waals surface area contributed by atoms with E-state index >= 15 is 0 Å². The molecular formula is C27H30F4N8O2. The Morgan fingerprint density at radius 1 is 1.24 bits per heavy atom. The van der Waals surface area contributed by atoms with Crippen molar-refractivity contribution in [2.24, 2.45) is 13.0 Å². The van der Waals surface area contributed by atoms with Crippen LogP contribution in [0.3, 0.4) is 0 Å². The number of alkyl halides is 4. The highest BCUT2D eigenvalue weighted by atomic mass is 19.4. The number of amides is 1. The molecule has 3 aromatic heterocycles. The SMILES string of the molecule is CN1CC[C@@H](Nc2cccc3c2cc(-c2noc(CNC(=O)[C@@H]4C[C@H]4c4cnn(C)c4)n2)n3CC(F)(F)F)[C@@H](F)C1. The highest BCUT2D eigenvalue weighted by Gasteiger charge is 2.44. The van der Waals surface area contributed by atoms with Crippen LogP contribution in [0.2, 0.25) is 0 Å². The van der Waals surface area contributed by atoms with Gasteiger partial charge < -0.3 is 24.6 Å². The molecular weight excluding hydrogens is 544 g/mol. The van der Waals surface area contributed by atoms with Gasteiger partial charge in [-0.05, 0) is 49.6 Å². The predicted molar refractivity (Wildman–Crippen MR) is 142 cm³/mol. The maximum atomic E-state index is 14.7. The van der Waals surface area contributed by atoms with E-state index in [4.69, 9.17) is 4.52 Å². The van der Waals surface area contributed by atoms with Crippen LogP contribution in [-0.4, -0.2) is 73.8 Å². The highest BCUT2D eigenvalue weighted by molar-refractivity contribution is 5.96. The van der Waals surface area contributed by atoms with Gasteiger partial charge in [-0.25, -0.2) is 4.39 Å². The van der Waals surface area contributed by atoms with Crippen LogP contribution < -0.4 is 10.6 Å². The number of benzene rings is 1. The second-order valence-corrected chi connectivity index (χ2v) is 10.9. The van der Waals surface area contributed by atoms with Gasteiger partial charge in [0.2, 0.25) is 17.6 Å². The van der Waals surface area contributed by atoms with E-state index in [0.29, 0.717) is 36.0 Å². The van der Waals surface area contributed by atoms with Crippen LogP contribution in [0.5, 0.6) is 0 Å². The molecule has 1 amide bonds. The summed E-state index contributed by atoms with van der Waals surface area (Å²) in [6.45, 7) is -0.335. The fraction of sp³-hybridized carbons (Fsp3) is 0.481. The second kappa shape index (κ2) is 10.5. The summed E-state index contributed by atoms with van der Waals surface area (Å²) in [6, 6.07) is 6.03. The first-order valence-electron chi connectivity index (χ1n) is 13.4. The third-order valence-corrected chi connectivity index (χ3v) is 7.76. The first kappa shape index (κ1) is 27.2. The first-order valence-corrected chi connectivity index (χ1v) is 13.4. The third-order valence-electron chi connectivity index (χ3n) is 7.76. The van der Waals surface area contributed by atoms with Gasteiger partial charge in [0.25, 0.3) is 0 Å². The molecule has 1 aliphatic heterocycles. The molecule has 1 aliphatic carbocycles. The van der Waals surface area contributed by atoms with Gasteiger partial charge in [-0.3, -0.25) is 9.48 Å². The van der Waals surface area contributed by atoms with E-state index in [1.54, 1.807) is 35.1 Å². The van der Waals surface area contributed by atoms with Crippen LogP contribution in [0.15, 0.2) is 41.2 Å². The van der Waals surface area contributed by atoms with Gasteiger partial charge in [0.05, 0.1) is 30.0 Å². The van der Waals surface area contributed by atoms with E-state index in [-0.39, 0.29) is 48.2 Å². The van der Waals surface area contributed by atoms with E-state index in [0.717, 1.165) is 10.1 Å². The van der Waals surface area contributed by atoms with E-state index in [1.165, 1.54) is 0 Å². The van der Waals surface area contributed by atoms with Crippen LogP contribution in [0.1, 0.15) is 30.2 Å². The summed E-state index contributed by atoms with van der Waals surface area (Å²) in [7, 11) is 3.66. The lowest BCUT2D eigenvalue weighted by Crippen LogP contribution is -2.46. The van der Waals surface area contributed by atoms with Crippen LogP contribution >= 0.6 is 0 Å². The quantitative estimate of drug-likeness (QED) is 0.308. The molecule has 2 fully saturated rings. The Hall–Kier alpha value is -3.94. The lowest BCUT2D eigenvalue weighted by Gasteiger charge is -2.33. The van der Waals surface area contributed by atoms with Crippen LogP contribution in [0.25, 0.3) is 22.4 Å². The number of hydrogen-bond donors (Lipinski definition) is 2. The standard InChI is InChI=1S/C27H30F4N8O2/c1-37-7-6-21(19(28)13-37)34-20-4-3-5-22-18(20)9-23(39(22)14-27(29,30)31)25-35-24(41-36-25)11-32-26(40)17-8-16(17)15-10-33-38(2)12-15/h3-5,9-10,12,16-17,19,21,34H,6-8,11,13-14H2,1-2H3,(H,32,40)/t16-,17+,19-,21+/m0/s1. The topological polar surface area (TPSA) is 106 Å². The molecule has 6 rings (SSSR count). The Labute approximate surface area is 232 Å². The number of anilines is 1. The molecule has 0 radical (unpaired) electrons. The molecule has 2 N–H and O–H groups in total. The third kappa shape index (κ3) is 5.78. The minimum absolute atomic E-state index is 0.0389. The second-order valence-electron chi connectivity index (χ2n) is 10.9. The van der Waals surface area contributed by atoms with Gasteiger partial charge in [-0.1, -0.05) is 11.2 Å². The number of fused-ring (bicyclic) bond motifs is 1. The Morgan fingerprint density at radius 3 is 2.80 bits per heavy atom. The van der Waals surface area contributed by atoms with Gasteiger partial charge in [0.1, 0.15) is 12.7 Å². The molecule has 10 nitrogen and oxygen atoms in total. The van der Waals surface area contributed by atoms with E-state index in [1.807, 2.05) is 25.2 Å². The molecule has 0 unspecified atom stereocenters. The fourth-order valence-electron chi connectivity index (χ4n) is 5.57. The molecule has 14 heteroatoms. The number of piperidine rings is 1. The number of carbonyl (C=O) groups excluding carboxylic acids is 1. The lowest BCUT2D eigenvalue weighted by atomic mass is 10.0. The van der Waals surface area contributed by atoms with Crippen molar-refractivity contribution in [3.05, 3.63) is 48.1 Å². The first-order chi connectivity index (χ1) is 19.6. The Balaban J connectivity index is 1.22. The molecule has 1 saturated heterocycles. The molecule has 41 heavy (non-hydrogen) atoms. The molecule has 4 heterocycles. The molecule has 4 aromatic rings. The number of aromatic nitrogens is 5. The molecule has 1 aromatic carbocycles. The fourth-order valence-corrected chi connectivity index (χ4v) is 5.57. The van der Waals surface area contributed by atoms with Crippen LogP contribution in [-0.2, 0) is 24.9 Å². The highest BCUT2D eigenvalue weighted by Crippen LogP contribution is 2.47. The average Bonchev–Trinajstić information content (AvgIpc) is 3.18. The molecule has 0 bridgehead atoms. The van der Waals surface area contributed by atoms with Crippen molar-refractivity contribution in [3.8, 4) is 11.5 Å². The number of rotatable bonds is 8. The molecule has 1 saturated carbocycles. The van der Waals surface area contributed by atoms with E-state index in [9.17, 15) is 22.4 Å². The number of nitrogens with one attached hydrogen (secondary N) is 2. The number of hydrogen-bond acceptors (Lipinski definition) is 7. The summed E-state index contributed by atoms with van der Waals surface area (Å²) in [5.41, 5.74) is 1.94. The zero-order valence-corrected chi connectivity index (χ0v) is 22.5. The number of aryl methyl sites for hydroxylation is 1. The van der Waals surface area contributed by atoms with Crippen LogP contribution in [0, 0.1) is 5.92 Å². The molecule has 218 valence electrons. The zero-order chi connectivity index (χ0) is 28.9. The predicted octanol–water partition coefficient (Wildman–Crippen LogP) is 3.86. The van der Waals surface area contributed by atoms with E-state index in [2.05, 4.69) is 25.9 Å². The lowest BCUT2D eigenvalue weighted by molar-refractivity contribution is -0.139. The van der Waals surface area contributed by atoms with Gasteiger partial charge in [0.15, 0.2) is 0 Å². The maximum Gasteiger partial charge on any atom is 0.406 e. The summed E-state index contributed by atoms with van der Waals surface area (Å²) in [5, 5.41) is 14.5. The van der Waals surface area contributed by atoms with Gasteiger partial charge in [-0.15, -0.1) is 0 Å². The van der Waals surface area contributed by atoms with Crippen molar-refractivity contribution < 1.29 is 26.9 Å². The summed E-state index contributed by atoms with van der Waals surface area (Å²) < 4.78 is 63.7. The summed E-state index contributed by atoms with van der Waals surface area (Å²) in [6.07, 6.45) is -0.738. The molecule has 2 aliphatic rings. The number of halogens is 4. The number of carbonyl (C=O) groups is 1. The van der Waals surface area contributed by atoms with Crippen molar-refractivity contribution >= 4 is 22.5 Å². The normalized spacial score (nSPS) is 23.2. The summed E-state index contributed by atoms with van der Waals surface area (Å²) in [4.78, 5) is 18.8. The van der Waals surface area contributed by atoms with Crippen molar-refractivity contribution in [2.45, 2.75) is 50.2 Å². The van der Waals surface area contributed by atoms with Crippen LogP contribution in [0.4, 0.5) is 23.2 Å². The average molecular weight is 575 g/mol. The number of likely N-dealkylation sites (tertiary alicyclic amines) is 1. The number of nitrogens with zero attached hydrogens (tertiary/aromatic N) is 6. The van der Waals surface area contributed by atoms with E-state index < -0.39 is 24.9 Å². The van der Waals surface area contributed by atoms with Crippen molar-refractivity contribution in [1.82, 2.24) is 34.7 Å². The summed E-state index contributed by atoms with van der Waals surface area (Å²) in [5.74, 6) is -0.218. The maximum absolute atomic E-state index is 14.7. The molecule has 4 atom stereocenters. The van der Waals surface area contributed by atoms with Gasteiger partial charge in [0, 0.05) is 43.3 Å². The largest absolute Gasteiger partial charge is 0.406 e. The Kier molecular flexibility index (Phi) is 6.96. The van der Waals surface area contributed by atoms with Crippen molar-refractivity contribution in [3.63, 3.8) is 0 Å². The smallest absolute Gasteiger partial charge is 0.379 e. The summed E-state index contributed by atoms with van der Waals surface area (Å²) >= 11 is 0. The monoisotopic (exact) mass is 574 g/mol. The van der Waals surface area contributed by atoms with Gasteiger partial charge in [-0.2, -0.15) is 23.3 Å². The zero-order valence-electron chi connectivity index (χ0n) is 22.5. The minimum atomic E-state index is -4.52.